The van der Waals surface area contributed by atoms with E-state index in [1.807, 2.05) is 0 Å². The number of phosphoric ester groups is 3. The number of aliphatic hydroxyl groups is 3. The quantitative estimate of drug-likeness (QED) is 0.0783. The number of carbonyl (C=O) groups excluding carboxylic acids is 1. The number of allylic oxidation sites excluding steroid dienone is 1. The Bertz CT molecular complexity index is 1810. The number of nitrogens with zero attached hydrogens (tertiary/aromatic N) is 5. The minimum Gasteiger partial charge on any atom is -0.437 e. The average Bonchev–Trinajstić information content (AvgIpc) is 3.64. The van der Waals surface area contributed by atoms with Crippen molar-refractivity contribution >= 4 is 52.3 Å². The Kier molecular flexibility index (Phi) is 10.4. The number of primary amides is 1. The summed E-state index contributed by atoms with van der Waals surface area (Å²) in [5.74, 6) is -1.09. The third-order valence-electron chi connectivity index (χ3n) is 6.94. The molecule has 24 nitrogen and oxygen atoms in total. The molecule has 2 fully saturated rings. The van der Waals surface area contributed by atoms with E-state index in [2.05, 4.69) is 23.8 Å². The van der Waals surface area contributed by atoms with E-state index in [1.165, 1.54) is 18.5 Å². The number of hydrogen-bond donors (Lipinski definition) is 9. The van der Waals surface area contributed by atoms with Crippen molar-refractivity contribution in [1.29, 1.82) is 0 Å². The molecule has 0 radical (unpaired) electrons. The fraction of sp³-hybridized carbons (Fsp3) is 0.476. The Balaban J connectivity index is 1.22. The van der Waals surface area contributed by atoms with Gasteiger partial charge in [-0.15, -0.1) is 4.58 Å². The van der Waals surface area contributed by atoms with Crippen molar-refractivity contribution in [3.63, 3.8) is 0 Å². The van der Waals surface area contributed by atoms with Crippen LogP contribution in [0.4, 0.5) is 5.82 Å². The molecule has 3 aliphatic heterocycles. The second kappa shape index (κ2) is 13.7. The molecule has 27 heteroatoms. The van der Waals surface area contributed by atoms with Crippen LogP contribution in [0.2, 0.25) is 0 Å². The van der Waals surface area contributed by atoms with E-state index in [4.69, 9.17) is 30.0 Å². The summed E-state index contributed by atoms with van der Waals surface area (Å²) < 4.78 is 68.2. The molecule has 2 aromatic rings. The molecule has 0 aliphatic carbocycles. The van der Waals surface area contributed by atoms with Gasteiger partial charge in [-0.3, -0.25) is 22.9 Å². The second-order valence-electron chi connectivity index (χ2n) is 10.3. The third kappa shape index (κ3) is 8.05. The minimum atomic E-state index is -5.53. The number of ether oxygens (including phenoxy) is 2. The lowest BCUT2D eigenvalue weighted by Crippen LogP contribution is -2.35. The summed E-state index contributed by atoms with van der Waals surface area (Å²) in [5.41, 5.74) is 11.2. The topological polar surface area (TPSA) is 364 Å². The van der Waals surface area contributed by atoms with E-state index in [0.29, 0.717) is 0 Å². The monoisotopic (exact) mass is 744 g/mol. The van der Waals surface area contributed by atoms with E-state index < -0.39 is 85.4 Å². The summed E-state index contributed by atoms with van der Waals surface area (Å²) in [6.45, 7) is -2.05. The predicted octanol–water partition coefficient (Wildman–Crippen LogP) is -2.79. The normalized spacial score (nSPS) is 31.7. The van der Waals surface area contributed by atoms with Crippen molar-refractivity contribution in [2.24, 2.45) is 5.73 Å². The summed E-state index contributed by atoms with van der Waals surface area (Å²) in [5, 5.41) is 31.5. The lowest BCUT2D eigenvalue weighted by Gasteiger charge is -2.22. The molecule has 2 aromatic heterocycles. The Morgan fingerprint density at radius 2 is 1.69 bits per heavy atom. The number of rotatable bonds is 12. The van der Waals surface area contributed by atoms with Crippen molar-refractivity contribution in [2.75, 3.05) is 18.9 Å². The molecule has 9 atom stereocenters. The van der Waals surface area contributed by atoms with Gasteiger partial charge < -0.3 is 55.8 Å². The molecule has 0 saturated carbocycles. The first kappa shape index (κ1) is 36.3. The SMILES string of the molecule is NC(=O)C1=C[N+](=C2OC(COP(=O)(O)OP(=O)(O)OC[C@H]3O[C@@H](n4cnc5c(N)ncnc54)C(OP(=O)(O)O)[C@H]3O)C(O)C2O)C=CC1. The molecule has 5 heterocycles. The van der Waals surface area contributed by atoms with Crippen LogP contribution in [0.5, 0.6) is 0 Å². The summed E-state index contributed by atoms with van der Waals surface area (Å²) in [4.78, 5) is 62.2. The van der Waals surface area contributed by atoms with Gasteiger partial charge in [-0.05, 0) is 6.08 Å². The first-order chi connectivity index (χ1) is 22.4. The molecule has 264 valence electrons. The van der Waals surface area contributed by atoms with Crippen LogP contribution in [0.1, 0.15) is 12.6 Å². The molecule has 0 aromatic carbocycles. The Morgan fingerprint density at radius 1 is 1.02 bits per heavy atom. The highest BCUT2D eigenvalue weighted by Gasteiger charge is 2.51. The van der Waals surface area contributed by atoms with Gasteiger partial charge in [-0.25, -0.2) is 28.6 Å². The second-order valence-corrected chi connectivity index (χ2v) is 14.5. The van der Waals surface area contributed by atoms with Crippen LogP contribution in [0.3, 0.4) is 0 Å². The molecule has 5 rings (SSSR count). The Hall–Kier alpha value is -3.02. The number of hydrogen-bond acceptors (Lipinski definition) is 17. The number of fused-ring (bicyclic) bond motifs is 1. The summed E-state index contributed by atoms with van der Waals surface area (Å²) in [7, 11) is -16.3. The number of imidazole rings is 1. The Labute approximate surface area is 267 Å². The smallest absolute Gasteiger partial charge is 0.437 e. The van der Waals surface area contributed by atoms with E-state index in [9.17, 15) is 53.4 Å². The number of aromatic nitrogens is 4. The van der Waals surface area contributed by atoms with Gasteiger partial charge in [-0.1, -0.05) is 0 Å². The Morgan fingerprint density at radius 3 is 2.33 bits per heavy atom. The number of anilines is 1. The number of carbonyl (C=O) groups is 1. The highest BCUT2D eigenvalue weighted by molar-refractivity contribution is 7.61. The first-order valence-corrected chi connectivity index (χ1v) is 17.9. The molecule has 3 aliphatic rings. The van der Waals surface area contributed by atoms with Crippen molar-refractivity contribution < 1.29 is 85.3 Å². The van der Waals surface area contributed by atoms with Crippen LogP contribution < -0.4 is 11.5 Å². The van der Waals surface area contributed by atoms with Gasteiger partial charge >= 0.3 is 29.4 Å². The van der Waals surface area contributed by atoms with Gasteiger partial charge in [0.25, 0.3) is 5.91 Å². The summed E-state index contributed by atoms with van der Waals surface area (Å²) in [6, 6.07) is 0. The zero-order valence-electron chi connectivity index (χ0n) is 24.0. The average molecular weight is 744 g/mol. The standard InChI is InChI=1S/C21H28N7O17P3/c22-17-12-19(25-7-24-17)28(8-26-12)21-16(44-46(33,34)35)14(30)11(43-21)6-41-48(38,39)45-47(36,37)40-5-10-13(29)15(31)20(42-10)27-3-1-2-9(4-27)18(23)32/h1,3-4,7-8,10-11,13-16,21,29-31H,2,5-6H2,(H7-,22,23,24,25,32,33,34,35,36,37,38,39)/p+1/t10?,11-,13?,14+,15?,16?,21-/m1/s1. The van der Waals surface area contributed by atoms with Crippen LogP contribution in [0.15, 0.2) is 36.7 Å². The molecule has 2 saturated heterocycles. The van der Waals surface area contributed by atoms with Crippen LogP contribution in [0.25, 0.3) is 11.2 Å². The van der Waals surface area contributed by atoms with Crippen LogP contribution >= 0.6 is 23.5 Å². The molecule has 11 N–H and O–H groups in total. The maximum absolute atomic E-state index is 12.6. The minimum absolute atomic E-state index is 0.00276. The maximum atomic E-state index is 12.6. The molecule has 48 heavy (non-hydrogen) atoms. The summed E-state index contributed by atoms with van der Waals surface area (Å²) >= 11 is 0. The van der Waals surface area contributed by atoms with Gasteiger partial charge in [0.15, 0.2) is 36.2 Å². The van der Waals surface area contributed by atoms with Crippen molar-refractivity contribution in [3.8, 4) is 0 Å². The van der Waals surface area contributed by atoms with Crippen molar-refractivity contribution in [1.82, 2.24) is 19.5 Å². The zero-order valence-corrected chi connectivity index (χ0v) is 26.7. The summed E-state index contributed by atoms with van der Waals surface area (Å²) in [6.07, 6.45) is -5.46. The fourth-order valence-electron chi connectivity index (χ4n) is 4.77. The predicted molar refractivity (Wildman–Crippen MR) is 152 cm³/mol. The van der Waals surface area contributed by atoms with E-state index >= 15 is 0 Å². The van der Waals surface area contributed by atoms with Crippen molar-refractivity contribution in [3.05, 3.63) is 36.7 Å². The first-order valence-electron chi connectivity index (χ1n) is 13.4. The highest BCUT2D eigenvalue weighted by atomic mass is 31.3. The fourth-order valence-corrected chi connectivity index (χ4v) is 7.41. The molecular formula is C21H29N7O17P3+. The maximum Gasteiger partial charge on any atom is 0.481 e. The molecule has 0 bridgehead atoms. The number of phosphoric acid groups is 3. The van der Waals surface area contributed by atoms with Gasteiger partial charge in [0.05, 0.1) is 25.1 Å². The highest BCUT2D eigenvalue weighted by Crippen LogP contribution is 2.61. The van der Waals surface area contributed by atoms with Gasteiger partial charge in [0, 0.05) is 6.42 Å². The lowest BCUT2D eigenvalue weighted by atomic mass is 10.1. The van der Waals surface area contributed by atoms with Gasteiger partial charge in [-0.2, -0.15) is 4.31 Å². The van der Waals surface area contributed by atoms with E-state index in [1.54, 1.807) is 0 Å². The van der Waals surface area contributed by atoms with E-state index in [-0.39, 0.29) is 34.9 Å². The number of amides is 1. The van der Waals surface area contributed by atoms with Crippen molar-refractivity contribution in [2.45, 2.75) is 49.3 Å². The number of nitrogen functional groups attached to an aromatic ring is 1. The van der Waals surface area contributed by atoms with Gasteiger partial charge in [0.1, 0.15) is 36.3 Å². The van der Waals surface area contributed by atoms with Crippen LogP contribution in [-0.2, 0) is 45.8 Å². The zero-order chi connectivity index (χ0) is 35.2. The lowest BCUT2D eigenvalue weighted by molar-refractivity contribution is -0.396. The number of aliphatic hydroxyl groups excluding tert-OH is 3. The molecule has 0 spiro atoms. The largest absolute Gasteiger partial charge is 0.481 e. The molecule has 1 amide bonds. The van der Waals surface area contributed by atoms with Gasteiger partial charge in [0.2, 0.25) is 6.10 Å². The third-order valence-corrected chi connectivity index (χ3v) is 10.1. The van der Waals surface area contributed by atoms with E-state index in [0.717, 1.165) is 21.8 Å². The number of nitrogens with two attached hydrogens (primary N) is 2. The van der Waals surface area contributed by atoms with Crippen LogP contribution in [0, 0.1) is 0 Å². The molecular weight excluding hydrogens is 715 g/mol. The van der Waals surface area contributed by atoms with Crippen LogP contribution in [-0.4, -0.2) is 121 Å². The molecule has 6 unspecified atom stereocenters.